The molecule has 126 valence electrons. The van der Waals surface area contributed by atoms with E-state index in [1.54, 1.807) is 0 Å². The standard InChI is InChI=1S/C14H23NO7/c1-14(2,8-16)12(20)13(21)15-7-6-10(18)9(17)4-5-11(19)22-3/h12,16,20H,4-8H2,1-3H3,(H,15,21)/t12-/m0/s1. The van der Waals surface area contributed by atoms with Gasteiger partial charge in [-0.1, -0.05) is 13.8 Å². The second kappa shape index (κ2) is 9.26. The Bertz CT molecular complexity index is 431. The minimum absolute atomic E-state index is 0.111. The summed E-state index contributed by atoms with van der Waals surface area (Å²) in [6.07, 6.45) is -2.06. The topological polar surface area (TPSA) is 130 Å². The maximum absolute atomic E-state index is 11.6. The Morgan fingerprint density at radius 1 is 1.09 bits per heavy atom. The molecule has 0 spiro atoms. The second-order valence-electron chi connectivity index (χ2n) is 5.51. The van der Waals surface area contributed by atoms with Gasteiger partial charge < -0.3 is 20.3 Å². The number of hydrogen-bond acceptors (Lipinski definition) is 7. The smallest absolute Gasteiger partial charge is 0.305 e. The Morgan fingerprint density at radius 2 is 1.64 bits per heavy atom. The van der Waals surface area contributed by atoms with Crippen LogP contribution in [0.15, 0.2) is 0 Å². The number of carbonyl (C=O) groups is 4. The van der Waals surface area contributed by atoms with Gasteiger partial charge in [-0.2, -0.15) is 0 Å². The largest absolute Gasteiger partial charge is 0.469 e. The van der Waals surface area contributed by atoms with Crippen molar-refractivity contribution in [2.45, 2.75) is 39.2 Å². The average Bonchev–Trinajstić information content (AvgIpc) is 2.50. The van der Waals surface area contributed by atoms with Gasteiger partial charge in [0.15, 0.2) is 11.6 Å². The molecule has 0 aliphatic heterocycles. The Kier molecular flexibility index (Phi) is 8.51. The average molecular weight is 317 g/mol. The third-order valence-corrected chi connectivity index (χ3v) is 3.14. The van der Waals surface area contributed by atoms with Crippen LogP contribution >= 0.6 is 0 Å². The molecule has 0 fully saturated rings. The van der Waals surface area contributed by atoms with Crippen LogP contribution in [0.3, 0.4) is 0 Å². The van der Waals surface area contributed by atoms with Gasteiger partial charge in [0.25, 0.3) is 0 Å². The van der Waals surface area contributed by atoms with E-state index in [0.717, 1.165) is 0 Å². The molecule has 8 nitrogen and oxygen atoms in total. The van der Waals surface area contributed by atoms with E-state index in [1.807, 2.05) is 0 Å². The lowest BCUT2D eigenvalue weighted by molar-refractivity contribution is -0.143. The molecule has 8 heteroatoms. The number of rotatable bonds is 10. The summed E-state index contributed by atoms with van der Waals surface area (Å²) in [7, 11) is 1.18. The van der Waals surface area contributed by atoms with Crippen LogP contribution in [0.1, 0.15) is 33.1 Å². The summed E-state index contributed by atoms with van der Waals surface area (Å²) in [5.41, 5.74) is -1.01. The molecule has 0 aromatic rings. The highest BCUT2D eigenvalue weighted by molar-refractivity contribution is 6.37. The van der Waals surface area contributed by atoms with Gasteiger partial charge in [0.1, 0.15) is 6.10 Å². The molecule has 0 rings (SSSR count). The number of hydrogen-bond donors (Lipinski definition) is 3. The van der Waals surface area contributed by atoms with E-state index >= 15 is 0 Å². The number of aliphatic hydroxyl groups is 2. The van der Waals surface area contributed by atoms with Crippen LogP contribution in [0, 0.1) is 5.41 Å². The zero-order valence-electron chi connectivity index (χ0n) is 13.0. The third kappa shape index (κ3) is 6.77. The lowest BCUT2D eigenvalue weighted by Gasteiger charge is -2.27. The summed E-state index contributed by atoms with van der Waals surface area (Å²) in [5, 5.41) is 21.1. The molecule has 0 aromatic carbocycles. The van der Waals surface area contributed by atoms with Crippen LogP contribution in [0.25, 0.3) is 0 Å². The molecular formula is C14H23NO7. The minimum atomic E-state index is -1.43. The van der Waals surface area contributed by atoms with E-state index in [0.29, 0.717) is 0 Å². The Balaban J connectivity index is 4.14. The fraction of sp³-hybridized carbons (Fsp3) is 0.714. The first-order chi connectivity index (χ1) is 10.2. The first kappa shape index (κ1) is 20.2. The maximum atomic E-state index is 11.6. The molecule has 0 aliphatic rings. The maximum Gasteiger partial charge on any atom is 0.305 e. The van der Waals surface area contributed by atoms with E-state index in [2.05, 4.69) is 10.1 Å². The van der Waals surface area contributed by atoms with Crippen molar-refractivity contribution in [2.24, 2.45) is 5.41 Å². The highest BCUT2D eigenvalue weighted by Gasteiger charge is 2.32. The van der Waals surface area contributed by atoms with Crippen LogP contribution < -0.4 is 5.32 Å². The highest BCUT2D eigenvalue weighted by atomic mass is 16.5. The van der Waals surface area contributed by atoms with Crippen molar-refractivity contribution in [1.29, 1.82) is 0 Å². The van der Waals surface area contributed by atoms with Crippen molar-refractivity contribution in [3.05, 3.63) is 0 Å². The fourth-order valence-corrected chi connectivity index (χ4v) is 1.43. The van der Waals surface area contributed by atoms with Gasteiger partial charge >= 0.3 is 5.97 Å². The number of Topliss-reactive ketones (excluding diaryl/α,β-unsaturated/α-hetero) is 2. The van der Waals surface area contributed by atoms with Gasteiger partial charge in [-0.3, -0.25) is 19.2 Å². The van der Waals surface area contributed by atoms with E-state index < -0.39 is 35.0 Å². The number of carbonyl (C=O) groups excluding carboxylic acids is 4. The van der Waals surface area contributed by atoms with Gasteiger partial charge in [0.2, 0.25) is 5.91 Å². The molecule has 1 amide bonds. The zero-order valence-corrected chi connectivity index (χ0v) is 13.0. The number of aliphatic hydroxyl groups excluding tert-OH is 2. The van der Waals surface area contributed by atoms with Gasteiger partial charge in [-0.05, 0) is 0 Å². The fourth-order valence-electron chi connectivity index (χ4n) is 1.43. The van der Waals surface area contributed by atoms with Gasteiger partial charge in [-0.15, -0.1) is 0 Å². The number of amides is 1. The van der Waals surface area contributed by atoms with Crippen LogP contribution in [-0.2, 0) is 23.9 Å². The zero-order chi connectivity index (χ0) is 17.3. The molecule has 0 aliphatic carbocycles. The van der Waals surface area contributed by atoms with E-state index in [1.165, 1.54) is 21.0 Å². The summed E-state index contributed by atoms with van der Waals surface area (Å²) < 4.78 is 4.35. The quantitative estimate of drug-likeness (QED) is 0.347. The number of ether oxygens (including phenoxy) is 1. The van der Waals surface area contributed by atoms with Crippen molar-refractivity contribution >= 4 is 23.4 Å². The summed E-state index contributed by atoms with van der Waals surface area (Å²) >= 11 is 0. The van der Waals surface area contributed by atoms with Crippen molar-refractivity contribution in [2.75, 3.05) is 20.3 Å². The third-order valence-electron chi connectivity index (χ3n) is 3.14. The van der Waals surface area contributed by atoms with E-state index in [-0.39, 0.29) is 32.4 Å². The van der Waals surface area contributed by atoms with Crippen LogP contribution in [-0.4, -0.2) is 60.0 Å². The van der Waals surface area contributed by atoms with Crippen LogP contribution in [0.2, 0.25) is 0 Å². The van der Waals surface area contributed by atoms with Crippen molar-refractivity contribution in [1.82, 2.24) is 5.32 Å². The normalized spacial score (nSPS) is 12.4. The Morgan fingerprint density at radius 3 is 2.14 bits per heavy atom. The lowest BCUT2D eigenvalue weighted by atomic mass is 9.87. The Hall–Kier alpha value is -1.80. The molecule has 0 radical (unpaired) electrons. The predicted molar refractivity (Wildman–Crippen MR) is 75.8 cm³/mol. The highest BCUT2D eigenvalue weighted by Crippen LogP contribution is 2.19. The van der Waals surface area contributed by atoms with Gasteiger partial charge in [-0.25, -0.2) is 0 Å². The summed E-state index contributed by atoms with van der Waals surface area (Å²) in [4.78, 5) is 45.4. The van der Waals surface area contributed by atoms with Crippen molar-refractivity contribution < 1.29 is 34.1 Å². The molecule has 0 saturated heterocycles. The molecule has 0 unspecified atom stereocenters. The summed E-state index contributed by atoms with van der Waals surface area (Å²) in [6.45, 7) is 2.53. The van der Waals surface area contributed by atoms with Crippen molar-refractivity contribution in [3.8, 4) is 0 Å². The summed E-state index contributed by atoms with van der Waals surface area (Å²) in [5.74, 6) is -2.73. The number of ketones is 2. The molecule has 3 N–H and O–H groups in total. The minimum Gasteiger partial charge on any atom is -0.469 e. The number of nitrogens with one attached hydrogen (secondary N) is 1. The number of methoxy groups -OCH3 is 1. The molecule has 0 bridgehead atoms. The lowest BCUT2D eigenvalue weighted by Crippen LogP contribution is -2.46. The molecule has 0 aromatic heterocycles. The van der Waals surface area contributed by atoms with Crippen molar-refractivity contribution in [3.63, 3.8) is 0 Å². The molecular weight excluding hydrogens is 294 g/mol. The number of esters is 1. The van der Waals surface area contributed by atoms with E-state index in [4.69, 9.17) is 5.11 Å². The SMILES string of the molecule is COC(=O)CCC(=O)C(=O)CCNC(=O)[C@H](O)C(C)(C)CO. The molecule has 1 atom stereocenters. The van der Waals surface area contributed by atoms with Crippen LogP contribution in [0.5, 0.6) is 0 Å². The second-order valence-corrected chi connectivity index (χ2v) is 5.51. The monoisotopic (exact) mass is 317 g/mol. The molecule has 0 saturated carbocycles. The first-order valence-electron chi connectivity index (χ1n) is 6.85. The van der Waals surface area contributed by atoms with E-state index in [9.17, 15) is 24.3 Å². The molecule has 22 heavy (non-hydrogen) atoms. The van der Waals surface area contributed by atoms with Gasteiger partial charge in [0.05, 0.1) is 20.1 Å². The summed E-state index contributed by atoms with van der Waals surface area (Å²) in [6, 6.07) is 0. The first-order valence-corrected chi connectivity index (χ1v) is 6.85. The Labute approximate surface area is 128 Å². The predicted octanol–water partition coefficient (Wildman–Crippen LogP) is -1.04. The van der Waals surface area contributed by atoms with Crippen LogP contribution in [0.4, 0.5) is 0 Å². The molecule has 0 heterocycles. The van der Waals surface area contributed by atoms with Gasteiger partial charge in [0, 0.05) is 24.8 Å².